The van der Waals surface area contributed by atoms with Crippen molar-refractivity contribution < 1.29 is 19.1 Å². The topological polar surface area (TPSA) is 62.9 Å². The molecular formula is C29H35NO4S. The molecule has 1 fully saturated rings. The quantitative estimate of drug-likeness (QED) is 0.387. The number of carboxylic acid groups (broad SMARTS) is 1. The van der Waals surface area contributed by atoms with Crippen molar-refractivity contribution in [2.45, 2.75) is 62.3 Å². The number of ether oxygens (including phenoxy) is 1. The third kappa shape index (κ3) is 6.92. The maximum atomic E-state index is 9.00. The van der Waals surface area contributed by atoms with Crippen molar-refractivity contribution in [3.05, 3.63) is 60.4 Å². The average molecular weight is 494 g/mol. The van der Waals surface area contributed by atoms with E-state index >= 15 is 0 Å². The second-order valence-electron chi connectivity index (χ2n) is 9.68. The summed E-state index contributed by atoms with van der Waals surface area (Å²) in [5.41, 5.74) is 3.71. The summed E-state index contributed by atoms with van der Waals surface area (Å²) in [5.74, 6) is 0.636. The number of hydrogen-bond donors (Lipinski definition) is 1. The van der Waals surface area contributed by atoms with E-state index in [-0.39, 0.29) is 0 Å². The number of furan rings is 1. The van der Waals surface area contributed by atoms with Crippen molar-refractivity contribution in [1.82, 2.24) is 4.90 Å². The second-order valence-corrected chi connectivity index (χ2v) is 10.8. The average Bonchev–Trinajstić information content (AvgIpc) is 3.26. The predicted molar refractivity (Wildman–Crippen MR) is 142 cm³/mol. The van der Waals surface area contributed by atoms with Crippen LogP contribution < -0.4 is 4.74 Å². The Morgan fingerprint density at radius 3 is 2.66 bits per heavy atom. The number of carbonyl (C=O) groups is 1. The first-order valence-electron chi connectivity index (χ1n) is 12.4. The van der Waals surface area contributed by atoms with Gasteiger partial charge >= 0.3 is 0 Å². The first-order valence-corrected chi connectivity index (χ1v) is 13.3. The highest BCUT2D eigenvalue weighted by molar-refractivity contribution is 7.99. The molecule has 2 aromatic carbocycles. The number of nitrogens with zero attached hydrogens (tertiary/aromatic N) is 1. The van der Waals surface area contributed by atoms with Crippen LogP contribution in [0.1, 0.15) is 52.0 Å². The Morgan fingerprint density at radius 2 is 1.91 bits per heavy atom. The van der Waals surface area contributed by atoms with E-state index in [1.165, 1.54) is 52.1 Å². The molecule has 0 saturated carbocycles. The van der Waals surface area contributed by atoms with Gasteiger partial charge in [0.05, 0.1) is 12.9 Å². The molecule has 5 nitrogen and oxygen atoms in total. The number of aliphatic carboxylic acids is 1. The highest BCUT2D eigenvalue weighted by Gasteiger charge is 2.27. The van der Waals surface area contributed by atoms with Crippen LogP contribution in [0.4, 0.5) is 0 Å². The lowest BCUT2D eigenvalue weighted by Gasteiger charge is -2.38. The third-order valence-corrected chi connectivity index (χ3v) is 7.31. The summed E-state index contributed by atoms with van der Waals surface area (Å²) in [6.45, 7) is 8.49. The summed E-state index contributed by atoms with van der Waals surface area (Å²) < 4.78 is 11.7. The Kier molecular flexibility index (Phi) is 8.58. The van der Waals surface area contributed by atoms with Crippen molar-refractivity contribution in [2.75, 3.05) is 19.7 Å². The summed E-state index contributed by atoms with van der Waals surface area (Å²) in [4.78, 5) is 14.1. The van der Waals surface area contributed by atoms with Gasteiger partial charge < -0.3 is 14.3 Å². The smallest absolute Gasteiger partial charge is 0.300 e. The molecule has 3 heterocycles. The van der Waals surface area contributed by atoms with Crippen LogP contribution in [0.25, 0.3) is 16.5 Å². The van der Waals surface area contributed by atoms with Gasteiger partial charge in [0.2, 0.25) is 0 Å². The number of piperidine rings is 1. The molecule has 2 aliphatic heterocycles. The molecule has 0 radical (unpaired) electrons. The largest absolute Gasteiger partial charge is 0.493 e. The molecule has 0 amide bonds. The van der Waals surface area contributed by atoms with E-state index in [1.807, 2.05) is 6.26 Å². The monoisotopic (exact) mass is 493 g/mol. The zero-order valence-corrected chi connectivity index (χ0v) is 21.6. The maximum absolute atomic E-state index is 9.00. The van der Waals surface area contributed by atoms with Crippen LogP contribution in [0.3, 0.4) is 0 Å². The van der Waals surface area contributed by atoms with Gasteiger partial charge in [0.15, 0.2) is 0 Å². The van der Waals surface area contributed by atoms with Crippen LogP contribution in [-0.2, 0) is 4.79 Å². The molecule has 1 unspecified atom stereocenters. The minimum atomic E-state index is -0.833. The standard InChI is InChI=1S/C27H31NO2S.C2H4O2/c1-19(2)17-29-22-6-8-23(9-7-22)31-24-10-11-27-25(16-24)26(18-30-27)20-12-14-28-13-4-3-5-21(28)15-20;1-2(3)4/h6-12,16,18-19,21H,3-5,13-15,17H2,1-2H3;1H3,(H,3,4). The third-order valence-electron chi connectivity index (χ3n) is 6.31. The summed E-state index contributed by atoms with van der Waals surface area (Å²) in [6.07, 6.45) is 9.56. The maximum Gasteiger partial charge on any atom is 0.300 e. The van der Waals surface area contributed by atoms with E-state index in [1.54, 1.807) is 11.8 Å². The molecular weight excluding hydrogens is 458 g/mol. The van der Waals surface area contributed by atoms with Crippen molar-refractivity contribution in [2.24, 2.45) is 5.92 Å². The van der Waals surface area contributed by atoms with Crippen molar-refractivity contribution >= 4 is 34.3 Å². The highest BCUT2D eigenvalue weighted by atomic mass is 32.2. The summed E-state index contributed by atoms with van der Waals surface area (Å²) in [6, 6.07) is 15.7. The zero-order valence-electron chi connectivity index (χ0n) is 20.8. The van der Waals surface area contributed by atoms with Gasteiger partial charge in [-0.15, -0.1) is 0 Å². The minimum absolute atomic E-state index is 0.533. The fourth-order valence-corrected chi connectivity index (χ4v) is 5.50. The van der Waals surface area contributed by atoms with Gasteiger partial charge in [0, 0.05) is 40.3 Å². The molecule has 35 heavy (non-hydrogen) atoms. The summed E-state index contributed by atoms with van der Waals surface area (Å²) in [5, 5.41) is 8.65. The molecule has 0 aliphatic carbocycles. The van der Waals surface area contributed by atoms with Gasteiger partial charge in [-0.1, -0.05) is 38.1 Å². The molecule has 1 saturated heterocycles. The van der Waals surface area contributed by atoms with E-state index in [0.29, 0.717) is 12.0 Å². The first-order chi connectivity index (χ1) is 16.9. The van der Waals surface area contributed by atoms with Gasteiger partial charge in [0.1, 0.15) is 11.3 Å². The van der Waals surface area contributed by atoms with Gasteiger partial charge in [0.25, 0.3) is 5.97 Å². The number of hydrogen-bond acceptors (Lipinski definition) is 5. The molecule has 1 atom stereocenters. The van der Waals surface area contributed by atoms with Crippen LogP contribution in [0.15, 0.2) is 69.0 Å². The molecule has 2 aliphatic rings. The van der Waals surface area contributed by atoms with Crippen molar-refractivity contribution in [1.29, 1.82) is 0 Å². The predicted octanol–water partition coefficient (Wildman–Crippen LogP) is 7.35. The highest BCUT2D eigenvalue weighted by Crippen LogP contribution is 2.38. The summed E-state index contributed by atoms with van der Waals surface area (Å²) >= 11 is 1.79. The molecule has 1 N–H and O–H groups in total. The van der Waals surface area contributed by atoms with Gasteiger partial charge in [-0.05, 0) is 79.8 Å². The molecule has 3 aromatic rings. The van der Waals surface area contributed by atoms with E-state index in [9.17, 15) is 0 Å². The van der Waals surface area contributed by atoms with E-state index in [0.717, 1.165) is 37.8 Å². The lowest BCUT2D eigenvalue weighted by Crippen LogP contribution is -2.41. The molecule has 1 aromatic heterocycles. The molecule has 6 heteroatoms. The van der Waals surface area contributed by atoms with E-state index in [4.69, 9.17) is 19.1 Å². The lowest BCUT2D eigenvalue weighted by molar-refractivity contribution is -0.134. The van der Waals surface area contributed by atoms with Crippen LogP contribution in [0, 0.1) is 5.92 Å². The SMILES string of the molecule is CC(=O)O.CC(C)COc1ccc(Sc2ccc3occ(C4=CCN5CCCCC5C4)c3c2)cc1. The summed E-state index contributed by atoms with van der Waals surface area (Å²) in [7, 11) is 0. The number of rotatable bonds is 6. The zero-order chi connectivity index (χ0) is 24.8. The molecule has 5 rings (SSSR count). The Hall–Kier alpha value is -2.70. The van der Waals surface area contributed by atoms with Gasteiger partial charge in [-0.2, -0.15) is 0 Å². The van der Waals surface area contributed by atoms with Gasteiger partial charge in [-0.25, -0.2) is 0 Å². The number of carboxylic acids is 1. The Labute approximate surface area is 212 Å². The molecule has 0 bridgehead atoms. The van der Waals surface area contributed by atoms with Gasteiger partial charge in [-0.3, -0.25) is 9.69 Å². The Balaban J connectivity index is 0.000000672. The van der Waals surface area contributed by atoms with Crippen LogP contribution in [0.5, 0.6) is 5.75 Å². The van der Waals surface area contributed by atoms with Crippen LogP contribution in [0.2, 0.25) is 0 Å². The molecule has 0 spiro atoms. The Morgan fingerprint density at radius 1 is 1.17 bits per heavy atom. The number of benzene rings is 2. The normalized spacial score (nSPS) is 17.9. The fraction of sp³-hybridized carbons (Fsp3) is 0.414. The van der Waals surface area contributed by atoms with Crippen LogP contribution >= 0.6 is 11.8 Å². The van der Waals surface area contributed by atoms with Crippen molar-refractivity contribution in [3.63, 3.8) is 0 Å². The molecule has 186 valence electrons. The second kappa shape index (κ2) is 11.8. The fourth-order valence-electron chi connectivity index (χ4n) is 4.64. The minimum Gasteiger partial charge on any atom is -0.493 e. The van der Waals surface area contributed by atoms with Crippen LogP contribution in [-0.4, -0.2) is 41.7 Å². The number of fused-ring (bicyclic) bond motifs is 2. The lowest BCUT2D eigenvalue weighted by atomic mass is 9.89. The van der Waals surface area contributed by atoms with Crippen molar-refractivity contribution in [3.8, 4) is 5.75 Å². The van der Waals surface area contributed by atoms with E-state index < -0.39 is 5.97 Å². The van der Waals surface area contributed by atoms with E-state index in [2.05, 4.69) is 67.3 Å². The Bertz CT molecular complexity index is 1160. The first kappa shape index (κ1) is 25.4.